The number of carbonyl (C=O) groups excluding carboxylic acids is 1. The highest BCUT2D eigenvalue weighted by atomic mass is 35.5. The smallest absolute Gasteiger partial charge is 0.264 e. The number of halogens is 1. The molecule has 0 radical (unpaired) electrons. The molecule has 2 aromatic rings. The predicted octanol–water partition coefficient (Wildman–Crippen LogP) is 7.02. The molecule has 9 nitrogen and oxygen atoms in total. The lowest BCUT2D eigenvalue weighted by Crippen LogP contribution is -2.56. The summed E-state index contributed by atoms with van der Waals surface area (Å²) in [6.07, 6.45) is 13.0. The van der Waals surface area contributed by atoms with E-state index in [-0.39, 0.29) is 11.8 Å². The van der Waals surface area contributed by atoms with E-state index in [1.807, 2.05) is 44.4 Å². The number of nitrogens with one attached hydrogen (secondary N) is 1. The number of aryl methyl sites for hydroxylation is 1. The second kappa shape index (κ2) is 17.0. The van der Waals surface area contributed by atoms with Crippen LogP contribution in [-0.4, -0.2) is 83.1 Å². The van der Waals surface area contributed by atoms with E-state index in [4.69, 9.17) is 25.8 Å². The van der Waals surface area contributed by atoms with Gasteiger partial charge in [-0.2, -0.15) is 0 Å². The molecular weight excluding hydrogens is 686 g/mol. The third kappa shape index (κ3) is 9.13. The largest absolute Gasteiger partial charge is 0.487 e. The molecule has 1 amide bonds. The van der Waals surface area contributed by atoms with Crippen LogP contribution in [0.25, 0.3) is 0 Å². The maximum Gasteiger partial charge on any atom is 0.264 e. The number of hydrogen-bond acceptors (Lipinski definition) is 8. The molecule has 280 valence electrons. The molecule has 1 aliphatic carbocycles. The second-order valence-electron chi connectivity index (χ2n) is 15.1. The minimum Gasteiger partial charge on any atom is -0.487 e. The highest BCUT2D eigenvalue weighted by Crippen LogP contribution is 2.47. The number of allylic oxidation sites excluding steroid dienone is 1. The average molecular weight is 742 g/mol. The zero-order valence-electron chi connectivity index (χ0n) is 30.6. The molecule has 6 rings (SSSR count). The van der Waals surface area contributed by atoms with Gasteiger partial charge in [0.05, 0.1) is 10.9 Å². The summed E-state index contributed by atoms with van der Waals surface area (Å²) in [6.45, 7) is 9.87. The quantitative estimate of drug-likeness (QED) is 0.336. The lowest BCUT2D eigenvalue weighted by Gasteiger charge is -2.51. The van der Waals surface area contributed by atoms with Crippen LogP contribution >= 0.6 is 11.6 Å². The molecule has 4 aliphatic rings. The molecule has 2 bridgehead atoms. The lowest BCUT2D eigenvalue weighted by molar-refractivity contribution is -0.0916. The van der Waals surface area contributed by atoms with Crippen molar-refractivity contribution in [1.82, 2.24) is 9.62 Å². The molecule has 51 heavy (non-hydrogen) atoms. The fourth-order valence-electron chi connectivity index (χ4n) is 8.28. The molecule has 0 spiro atoms. The van der Waals surface area contributed by atoms with Gasteiger partial charge in [0.2, 0.25) is 10.0 Å². The first-order chi connectivity index (χ1) is 24.6. The summed E-state index contributed by atoms with van der Waals surface area (Å²) < 4.78 is 48.6. The van der Waals surface area contributed by atoms with Gasteiger partial charge >= 0.3 is 0 Å². The van der Waals surface area contributed by atoms with Crippen molar-refractivity contribution < 1.29 is 27.4 Å². The number of amides is 1. The Morgan fingerprint density at radius 3 is 2.59 bits per heavy atom. The number of benzene rings is 2. The summed E-state index contributed by atoms with van der Waals surface area (Å²) in [5.74, 6) is 0.456. The fraction of sp³-hybridized carbons (Fsp3) is 0.625. The molecule has 2 fully saturated rings. The molecule has 5 atom stereocenters. The minimum atomic E-state index is -3.95. The monoisotopic (exact) mass is 741 g/mol. The van der Waals surface area contributed by atoms with E-state index in [1.165, 1.54) is 5.56 Å². The van der Waals surface area contributed by atoms with Gasteiger partial charge in [-0.3, -0.25) is 4.79 Å². The van der Waals surface area contributed by atoms with Crippen LogP contribution in [0.2, 0.25) is 5.02 Å². The van der Waals surface area contributed by atoms with Crippen molar-refractivity contribution in [2.75, 3.05) is 57.9 Å². The summed E-state index contributed by atoms with van der Waals surface area (Å²) in [7, 11) is -2.11. The standard InChI is InChI=1S/C40H56ClN3O6S/c1-29-10-8-18-40(48-3,28-43-19-6-7-22-49-23-9-20-43)36-16-13-33(36)26-44-21-5-4-11-31-24-35(41)15-12-34(31)27-50-38-17-14-32(25-37(38)44)39(45)42-51(46,47)30(29)2/h8,12,14-15,17-18,24-25,29-30,33,36H,4-7,9-11,13,16,19-23,26-28H2,1-3H3,(H,42,45)/b18-8+/t29-,30+,33-,36+,40+/m0/s1. The molecule has 1 saturated carbocycles. The Balaban J connectivity index is 1.39. The third-order valence-electron chi connectivity index (χ3n) is 11.8. The van der Waals surface area contributed by atoms with Crippen LogP contribution in [0.1, 0.15) is 86.7 Å². The van der Waals surface area contributed by atoms with Crippen molar-refractivity contribution in [3.05, 3.63) is 70.3 Å². The molecule has 0 aromatic heterocycles. The number of fused-ring (bicyclic) bond motifs is 3. The molecule has 3 heterocycles. The molecule has 3 aliphatic heterocycles. The number of methoxy groups -OCH3 is 1. The summed E-state index contributed by atoms with van der Waals surface area (Å²) in [4.78, 5) is 18.5. The van der Waals surface area contributed by atoms with Gasteiger partial charge in [0, 0.05) is 57.1 Å². The number of anilines is 1. The van der Waals surface area contributed by atoms with E-state index in [2.05, 4.69) is 26.7 Å². The van der Waals surface area contributed by atoms with E-state index in [0.717, 1.165) is 114 Å². The Kier molecular flexibility index (Phi) is 12.7. The lowest BCUT2D eigenvalue weighted by atomic mass is 9.63. The second-order valence-corrected chi connectivity index (χ2v) is 17.6. The first-order valence-electron chi connectivity index (χ1n) is 19.0. The summed E-state index contributed by atoms with van der Waals surface area (Å²) >= 11 is 6.40. The van der Waals surface area contributed by atoms with Gasteiger partial charge in [0.25, 0.3) is 5.91 Å². The number of sulfonamides is 1. The van der Waals surface area contributed by atoms with Crippen LogP contribution in [0, 0.1) is 17.8 Å². The minimum absolute atomic E-state index is 0.220. The Labute approximate surface area is 310 Å². The average Bonchev–Trinajstić information content (AvgIpc) is 3.21. The Morgan fingerprint density at radius 2 is 1.78 bits per heavy atom. The van der Waals surface area contributed by atoms with Gasteiger partial charge < -0.3 is 24.0 Å². The number of rotatable bonds is 3. The molecule has 1 N–H and O–H groups in total. The summed E-state index contributed by atoms with van der Waals surface area (Å²) in [5, 5.41) is -0.0606. The highest BCUT2D eigenvalue weighted by molar-refractivity contribution is 7.90. The maximum atomic E-state index is 13.6. The van der Waals surface area contributed by atoms with Crippen molar-refractivity contribution in [3.8, 4) is 5.75 Å². The Morgan fingerprint density at radius 1 is 0.980 bits per heavy atom. The van der Waals surface area contributed by atoms with Crippen LogP contribution in [0.4, 0.5) is 5.69 Å². The van der Waals surface area contributed by atoms with E-state index in [0.29, 0.717) is 30.3 Å². The molecule has 2 aromatic carbocycles. The highest BCUT2D eigenvalue weighted by Gasteiger charge is 2.48. The molecule has 11 heteroatoms. The van der Waals surface area contributed by atoms with Gasteiger partial charge in [-0.1, -0.05) is 36.7 Å². The number of nitrogens with zero attached hydrogens (tertiary/aromatic N) is 2. The summed E-state index contributed by atoms with van der Waals surface area (Å²) in [6, 6.07) is 11.3. The van der Waals surface area contributed by atoms with Crippen molar-refractivity contribution in [3.63, 3.8) is 0 Å². The normalized spacial score (nSPS) is 30.4. The van der Waals surface area contributed by atoms with Crippen molar-refractivity contribution >= 4 is 33.2 Å². The molecular formula is C40H56ClN3O6S. The number of ether oxygens (including phenoxy) is 3. The van der Waals surface area contributed by atoms with E-state index >= 15 is 0 Å². The topological polar surface area (TPSA) is 97.4 Å². The van der Waals surface area contributed by atoms with E-state index < -0.39 is 26.8 Å². The van der Waals surface area contributed by atoms with Gasteiger partial charge in [-0.25, -0.2) is 13.1 Å². The van der Waals surface area contributed by atoms with Crippen molar-refractivity contribution in [2.24, 2.45) is 17.8 Å². The predicted molar refractivity (Wildman–Crippen MR) is 203 cm³/mol. The van der Waals surface area contributed by atoms with Crippen molar-refractivity contribution in [1.29, 1.82) is 0 Å². The zero-order chi connectivity index (χ0) is 36.0. The first kappa shape index (κ1) is 38.1. The molecule has 1 saturated heterocycles. The SMILES string of the molecule is CO[C@@]1(CN2CCCCOCCC2)/C=C/C[C@H](C)[C@@H](C)S(=O)(=O)NC(=O)c2ccc3c(c2)N(CCCCc2cc(Cl)ccc2CO3)C[C@@H]2CC[C@H]21. The van der Waals surface area contributed by atoms with Gasteiger partial charge in [-0.15, -0.1) is 0 Å². The fourth-order valence-corrected chi connectivity index (χ4v) is 9.76. The van der Waals surface area contributed by atoms with Crippen LogP contribution < -0.4 is 14.4 Å². The number of carbonyl (C=O) groups is 1. The van der Waals surface area contributed by atoms with Crippen LogP contribution in [0.15, 0.2) is 48.6 Å². The van der Waals surface area contributed by atoms with Crippen LogP contribution in [0.5, 0.6) is 5.75 Å². The van der Waals surface area contributed by atoms with E-state index in [1.54, 1.807) is 13.0 Å². The van der Waals surface area contributed by atoms with Gasteiger partial charge in [-0.05, 0) is 130 Å². The first-order valence-corrected chi connectivity index (χ1v) is 20.9. The Bertz CT molecular complexity index is 1640. The van der Waals surface area contributed by atoms with Crippen LogP contribution in [0.3, 0.4) is 0 Å². The van der Waals surface area contributed by atoms with Gasteiger partial charge in [0.15, 0.2) is 0 Å². The summed E-state index contributed by atoms with van der Waals surface area (Å²) in [5.41, 5.74) is 2.87. The van der Waals surface area contributed by atoms with E-state index in [9.17, 15) is 13.2 Å². The third-order valence-corrected chi connectivity index (χ3v) is 13.9. The number of hydrogen-bond donors (Lipinski definition) is 1. The molecule has 0 unspecified atom stereocenters. The van der Waals surface area contributed by atoms with Crippen molar-refractivity contribution in [2.45, 2.75) is 89.1 Å². The maximum absolute atomic E-state index is 13.6. The van der Waals surface area contributed by atoms with Gasteiger partial charge in [0.1, 0.15) is 18.0 Å². The Hall–Kier alpha value is -2.63. The van der Waals surface area contributed by atoms with Crippen LogP contribution in [-0.2, 0) is 32.5 Å². The zero-order valence-corrected chi connectivity index (χ0v) is 32.2.